The van der Waals surface area contributed by atoms with Crippen LogP contribution in [0.25, 0.3) is 0 Å². The molecule has 4 atom stereocenters. The van der Waals surface area contributed by atoms with Gasteiger partial charge in [-0.05, 0) is 17.7 Å². The molecule has 1 aromatic rings. The molecule has 4 rings (SSSR count). The summed E-state index contributed by atoms with van der Waals surface area (Å²) in [6, 6.07) is 12.8. The number of nitrogens with zero attached hydrogens (tertiary/aromatic N) is 3. The summed E-state index contributed by atoms with van der Waals surface area (Å²) in [4.78, 5) is 0. The van der Waals surface area contributed by atoms with Gasteiger partial charge >= 0.3 is 0 Å². The fourth-order valence-corrected chi connectivity index (χ4v) is 3.75. The van der Waals surface area contributed by atoms with E-state index in [1.807, 2.05) is 18.2 Å². The van der Waals surface area contributed by atoms with Gasteiger partial charge in [0.15, 0.2) is 10.8 Å². The molecule has 25 heavy (non-hydrogen) atoms. The van der Waals surface area contributed by atoms with Crippen LogP contribution in [0.5, 0.6) is 5.75 Å². The van der Waals surface area contributed by atoms with Crippen LogP contribution < -0.4 is 4.74 Å². The van der Waals surface area contributed by atoms with Gasteiger partial charge in [0.2, 0.25) is 11.7 Å². The lowest BCUT2D eigenvalue weighted by molar-refractivity contribution is -0.338. The number of methoxy groups -OCH3 is 1. The third-order valence-corrected chi connectivity index (χ3v) is 5.41. The summed E-state index contributed by atoms with van der Waals surface area (Å²) in [5.41, 5.74) is -3.06. The number of nitrogens with one attached hydrogen (secondary N) is 1. The van der Waals surface area contributed by atoms with Crippen molar-refractivity contribution in [3.05, 3.63) is 29.8 Å². The molecular weight excluding hydrogens is 320 g/mol. The first-order valence-corrected chi connectivity index (χ1v) is 7.68. The molecule has 7 heteroatoms. The molecule has 0 aliphatic carbocycles. The van der Waals surface area contributed by atoms with Crippen LogP contribution in [-0.2, 0) is 9.47 Å². The summed E-state index contributed by atoms with van der Waals surface area (Å²) < 4.78 is 16.7. The highest BCUT2D eigenvalue weighted by Gasteiger charge is 2.77. The van der Waals surface area contributed by atoms with Crippen LogP contribution in [0.4, 0.5) is 0 Å². The van der Waals surface area contributed by atoms with Crippen molar-refractivity contribution in [2.24, 2.45) is 16.7 Å². The number of benzene rings is 1. The van der Waals surface area contributed by atoms with E-state index >= 15 is 0 Å². The van der Waals surface area contributed by atoms with Gasteiger partial charge in [-0.15, -0.1) is 0 Å². The van der Waals surface area contributed by atoms with Gasteiger partial charge in [-0.3, -0.25) is 5.41 Å². The summed E-state index contributed by atoms with van der Waals surface area (Å²) >= 11 is 0. The smallest absolute Gasteiger partial charge is 0.215 e. The average molecular weight is 336 g/mol. The Morgan fingerprint density at radius 2 is 1.72 bits per heavy atom. The van der Waals surface area contributed by atoms with Gasteiger partial charge in [-0.2, -0.15) is 15.8 Å². The minimum Gasteiger partial charge on any atom is -0.497 e. The van der Waals surface area contributed by atoms with E-state index in [1.165, 1.54) is 7.11 Å². The summed E-state index contributed by atoms with van der Waals surface area (Å²) in [5.74, 6) is -1.87. The van der Waals surface area contributed by atoms with Gasteiger partial charge in [-0.1, -0.05) is 19.1 Å². The van der Waals surface area contributed by atoms with E-state index in [2.05, 4.69) is 0 Å². The summed E-state index contributed by atoms with van der Waals surface area (Å²) in [5, 5.41) is 38.0. The molecule has 126 valence electrons. The van der Waals surface area contributed by atoms with E-state index in [9.17, 15) is 15.8 Å². The minimum absolute atomic E-state index is 0.411. The van der Waals surface area contributed by atoms with Crippen molar-refractivity contribution in [1.82, 2.24) is 0 Å². The minimum atomic E-state index is -1.86. The predicted octanol–water partition coefficient (Wildman–Crippen LogP) is 2.67. The zero-order valence-electron chi connectivity index (χ0n) is 14.0. The van der Waals surface area contributed by atoms with E-state index in [4.69, 9.17) is 19.6 Å². The highest BCUT2D eigenvalue weighted by molar-refractivity contribution is 5.88. The lowest BCUT2D eigenvalue weighted by atomic mass is 9.51. The van der Waals surface area contributed by atoms with Crippen molar-refractivity contribution in [2.45, 2.75) is 25.7 Å². The van der Waals surface area contributed by atoms with Crippen molar-refractivity contribution < 1.29 is 14.2 Å². The second kappa shape index (κ2) is 5.21. The van der Waals surface area contributed by atoms with Crippen LogP contribution in [0.3, 0.4) is 0 Å². The highest BCUT2D eigenvalue weighted by Crippen LogP contribution is 2.66. The van der Waals surface area contributed by atoms with Gasteiger partial charge < -0.3 is 14.2 Å². The number of rotatable bonds is 2. The fourth-order valence-electron chi connectivity index (χ4n) is 3.75. The van der Waals surface area contributed by atoms with Crippen molar-refractivity contribution >= 4 is 5.90 Å². The summed E-state index contributed by atoms with van der Waals surface area (Å²) in [7, 11) is 1.54. The largest absolute Gasteiger partial charge is 0.497 e. The summed E-state index contributed by atoms with van der Waals surface area (Å²) in [6.45, 7) is 3.22. The average Bonchev–Trinajstić information content (AvgIpc) is 2.63. The van der Waals surface area contributed by atoms with Crippen molar-refractivity contribution in [2.75, 3.05) is 7.11 Å². The van der Waals surface area contributed by atoms with Crippen molar-refractivity contribution in [3.8, 4) is 24.0 Å². The Labute approximate surface area is 145 Å². The second-order valence-electron chi connectivity index (χ2n) is 6.39. The Kier molecular flexibility index (Phi) is 3.49. The molecule has 3 aliphatic rings. The number of ether oxygens (including phenoxy) is 3. The SMILES string of the molecule is COc1ccc([C@H]2O[C@]3(C)OC(=N)[C@@]2(C#N)C(C#N)(C#N)[C@H]3C)cc1. The van der Waals surface area contributed by atoms with Crippen LogP contribution in [-0.4, -0.2) is 18.8 Å². The molecule has 3 fully saturated rings. The lowest BCUT2D eigenvalue weighted by Gasteiger charge is -2.60. The lowest BCUT2D eigenvalue weighted by Crippen LogP contribution is -2.71. The molecule has 0 amide bonds. The van der Waals surface area contributed by atoms with E-state index in [0.29, 0.717) is 11.3 Å². The summed E-state index contributed by atoms with van der Waals surface area (Å²) in [6.07, 6.45) is -0.981. The first kappa shape index (κ1) is 16.8. The molecule has 0 unspecified atom stereocenters. The monoisotopic (exact) mass is 336 g/mol. The Bertz CT molecular complexity index is 846. The number of fused-ring (bicyclic) bond motifs is 3. The third kappa shape index (κ3) is 1.78. The van der Waals surface area contributed by atoms with Crippen molar-refractivity contribution in [1.29, 1.82) is 21.2 Å². The molecule has 2 bridgehead atoms. The van der Waals surface area contributed by atoms with Crippen LogP contribution in [0.15, 0.2) is 24.3 Å². The third-order valence-electron chi connectivity index (χ3n) is 5.41. The second-order valence-corrected chi connectivity index (χ2v) is 6.39. The molecule has 0 aromatic heterocycles. The van der Waals surface area contributed by atoms with E-state index in [0.717, 1.165) is 0 Å². The van der Waals surface area contributed by atoms with Gasteiger partial charge in [-0.25, -0.2) is 0 Å². The molecule has 1 aromatic carbocycles. The first-order valence-electron chi connectivity index (χ1n) is 7.68. The maximum atomic E-state index is 9.99. The highest BCUT2D eigenvalue weighted by atomic mass is 16.7. The van der Waals surface area contributed by atoms with Crippen LogP contribution in [0.2, 0.25) is 0 Å². The van der Waals surface area contributed by atoms with Crippen LogP contribution in [0.1, 0.15) is 25.5 Å². The molecule has 0 spiro atoms. The van der Waals surface area contributed by atoms with E-state index in [1.54, 1.807) is 38.1 Å². The standard InChI is InChI=1S/C18H16N4O3/c1-11-16(2)24-14(12-4-6-13(23-3)7-5-12)18(10-21,15(22)25-16)17(11,8-19)9-20/h4-7,11,14,22H,1-3H3/t11-,14+,16+,18-/m0/s1. The molecule has 0 saturated carbocycles. The van der Waals surface area contributed by atoms with Gasteiger partial charge in [0.05, 0.1) is 31.2 Å². The molecule has 3 aliphatic heterocycles. The topological polar surface area (TPSA) is 123 Å². The molecule has 7 nitrogen and oxygen atoms in total. The number of hydrogen-bond acceptors (Lipinski definition) is 7. The van der Waals surface area contributed by atoms with Gasteiger partial charge in [0, 0.05) is 6.92 Å². The fraction of sp³-hybridized carbons (Fsp3) is 0.444. The Morgan fingerprint density at radius 1 is 1.12 bits per heavy atom. The first-order chi connectivity index (χ1) is 11.8. The zero-order valence-corrected chi connectivity index (χ0v) is 14.0. The number of nitriles is 3. The quantitative estimate of drug-likeness (QED) is 0.885. The molecule has 1 N–H and O–H groups in total. The zero-order chi connectivity index (χ0) is 18.5. The maximum Gasteiger partial charge on any atom is 0.215 e. The maximum absolute atomic E-state index is 9.99. The van der Waals surface area contributed by atoms with E-state index in [-0.39, 0.29) is 0 Å². The predicted molar refractivity (Wildman–Crippen MR) is 84.9 cm³/mol. The van der Waals surface area contributed by atoms with Crippen molar-refractivity contribution in [3.63, 3.8) is 0 Å². The molecule has 3 saturated heterocycles. The molecular formula is C18H16N4O3. The van der Waals surface area contributed by atoms with Crippen LogP contribution in [0, 0.1) is 56.2 Å². The van der Waals surface area contributed by atoms with Gasteiger partial charge in [0.25, 0.3) is 0 Å². The normalized spacial score (nSPS) is 35.0. The molecule has 3 heterocycles. The Morgan fingerprint density at radius 3 is 2.20 bits per heavy atom. The Hall–Kier alpha value is -3.08. The molecule has 0 radical (unpaired) electrons. The van der Waals surface area contributed by atoms with E-state index < -0.39 is 34.5 Å². The van der Waals surface area contributed by atoms with Crippen LogP contribution >= 0.6 is 0 Å². The number of hydrogen-bond donors (Lipinski definition) is 1. The van der Waals surface area contributed by atoms with Gasteiger partial charge in [0.1, 0.15) is 11.9 Å². The Balaban J connectivity index is 2.27.